The first-order valence-electron chi connectivity index (χ1n) is 6.53. The Morgan fingerprint density at radius 2 is 1.94 bits per heavy atom. The van der Waals surface area contributed by atoms with Crippen molar-refractivity contribution in [1.29, 1.82) is 0 Å². The Morgan fingerprint density at radius 1 is 1.18 bits per heavy atom. The number of carbonyl (C=O) groups excluding carboxylic acids is 1. The first-order chi connectivity index (χ1) is 8.38. The van der Waals surface area contributed by atoms with Gasteiger partial charge in [0.05, 0.1) is 12.2 Å². The number of fused-ring (bicyclic) bond motifs is 2. The summed E-state index contributed by atoms with van der Waals surface area (Å²) in [5, 5.41) is 0. The molecule has 2 aliphatic rings. The molecule has 2 heteroatoms. The van der Waals surface area contributed by atoms with E-state index in [1.807, 2.05) is 6.07 Å². The van der Waals surface area contributed by atoms with E-state index in [0.717, 1.165) is 32.0 Å². The fourth-order valence-corrected chi connectivity index (χ4v) is 3.36. The van der Waals surface area contributed by atoms with Gasteiger partial charge in [-0.2, -0.15) is 0 Å². The van der Waals surface area contributed by atoms with Crippen LogP contribution in [0.4, 0.5) is 0 Å². The zero-order chi connectivity index (χ0) is 11.7. The van der Waals surface area contributed by atoms with Crippen LogP contribution in [0.15, 0.2) is 30.3 Å². The molecule has 2 saturated heterocycles. The second kappa shape index (κ2) is 4.61. The molecule has 0 amide bonds. The van der Waals surface area contributed by atoms with Crippen LogP contribution < -0.4 is 0 Å². The lowest BCUT2D eigenvalue weighted by Crippen LogP contribution is -2.28. The molecule has 2 nitrogen and oxygen atoms in total. The van der Waals surface area contributed by atoms with Gasteiger partial charge in [0.15, 0.2) is 0 Å². The van der Waals surface area contributed by atoms with Gasteiger partial charge in [-0.15, -0.1) is 0 Å². The molecular formula is C15H18O2. The predicted molar refractivity (Wildman–Crippen MR) is 65.7 cm³/mol. The molecule has 0 N–H and O–H groups in total. The van der Waals surface area contributed by atoms with Gasteiger partial charge in [0.1, 0.15) is 6.29 Å². The van der Waals surface area contributed by atoms with E-state index in [4.69, 9.17) is 4.74 Å². The number of rotatable bonds is 4. The summed E-state index contributed by atoms with van der Waals surface area (Å²) in [7, 11) is 0. The minimum atomic E-state index is 0.150. The van der Waals surface area contributed by atoms with Crippen LogP contribution in [0.25, 0.3) is 0 Å². The normalized spacial score (nSPS) is 35.1. The van der Waals surface area contributed by atoms with Crippen molar-refractivity contribution in [2.24, 2.45) is 11.8 Å². The van der Waals surface area contributed by atoms with E-state index in [1.165, 1.54) is 5.56 Å². The van der Waals surface area contributed by atoms with E-state index >= 15 is 0 Å². The molecule has 0 spiro atoms. The van der Waals surface area contributed by atoms with Gasteiger partial charge < -0.3 is 9.53 Å². The fourth-order valence-electron chi connectivity index (χ4n) is 3.36. The van der Waals surface area contributed by atoms with Crippen molar-refractivity contribution in [3.8, 4) is 0 Å². The molecular weight excluding hydrogens is 212 g/mol. The SMILES string of the molecule is O=C[C@@H]1[C@H](CCc2ccccc2)[C@@H]2CC[C@H]1O2. The summed E-state index contributed by atoms with van der Waals surface area (Å²) in [6, 6.07) is 10.5. The molecule has 4 atom stereocenters. The number of aldehydes is 1. The summed E-state index contributed by atoms with van der Waals surface area (Å²) < 4.78 is 5.85. The molecule has 0 unspecified atom stereocenters. The molecule has 1 aromatic rings. The summed E-state index contributed by atoms with van der Waals surface area (Å²) in [5.74, 6) is 0.601. The van der Waals surface area contributed by atoms with Crippen LogP contribution in [0, 0.1) is 11.8 Å². The van der Waals surface area contributed by atoms with Crippen molar-refractivity contribution in [3.05, 3.63) is 35.9 Å². The van der Waals surface area contributed by atoms with E-state index in [2.05, 4.69) is 24.3 Å². The highest BCUT2D eigenvalue weighted by atomic mass is 16.5. The first kappa shape index (κ1) is 11.0. The molecule has 2 heterocycles. The number of benzene rings is 1. The van der Waals surface area contributed by atoms with E-state index in [1.54, 1.807) is 0 Å². The van der Waals surface area contributed by atoms with E-state index < -0.39 is 0 Å². The number of hydrogen-bond donors (Lipinski definition) is 0. The minimum absolute atomic E-state index is 0.150. The van der Waals surface area contributed by atoms with Gasteiger partial charge in [-0.3, -0.25) is 0 Å². The lowest BCUT2D eigenvalue weighted by Gasteiger charge is -2.23. The van der Waals surface area contributed by atoms with Crippen molar-refractivity contribution < 1.29 is 9.53 Å². The van der Waals surface area contributed by atoms with Gasteiger partial charge in [-0.1, -0.05) is 30.3 Å². The van der Waals surface area contributed by atoms with Gasteiger partial charge in [0.25, 0.3) is 0 Å². The van der Waals surface area contributed by atoms with Crippen molar-refractivity contribution in [2.45, 2.75) is 37.9 Å². The molecule has 0 radical (unpaired) electrons. The highest BCUT2D eigenvalue weighted by molar-refractivity contribution is 5.56. The maximum Gasteiger partial charge on any atom is 0.126 e. The van der Waals surface area contributed by atoms with Crippen LogP contribution in [-0.4, -0.2) is 18.5 Å². The Labute approximate surface area is 102 Å². The summed E-state index contributed by atoms with van der Waals surface area (Å²) in [6.45, 7) is 0. The summed E-state index contributed by atoms with van der Waals surface area (Å²) in [5.41, 5.74) is 1.36. The van der Waals surface area contributed by atoms with Crippen LogP contribution in [0.5, 0.6) is 0 Å². The quantitative estimate of drug-likeness (QED) is 0.743. The van der Waals surface area contributed by atoms with Gasteiger partial charge in [-0.05, 0) is 37.2 Å². The largest absolute Gasteiger partial charge is 0.374 e. The molecule has 2 fully saturated rings. The summed E-state index contributed by atoms with van der Waals surface area (Å²) in [6.07, 6.45) is 6.05. The van der Waals surface area contributed by atoms with E-state index in [9.17, 15) is 4.79 Å². The Balaban J connectivity index is 1.63. The number of aryl methyl sites for hydroxylation is 1. The van der Waals surface area contributed by atoms with Gasteiger partial charge in [-0.25, -0.2) is 0 Å². The maximum absolute atomic E-state index is 11.1. The third-order valence-corrected chi connectivity index (χ3v) is 4.25. The van der Waals surface area contributed by atoms with Crippen LogP contribution in [0.2, 0.25) is 0 Å². The first-order valence-corrected chi connectivity index (χ1v) is 6.53. The number of ether oxygens (including phenoxy) is 1. The average molecular weight is 230 g/mol. The van der Waals surface area contributed by atoms with Gasteiger partial charge in [0.2, 0.25) is 0 Å². The Morgan fingerprint density at radius 3 is 2.71 bits per heavy atom. The minimum Gasteiger partial charge on any atom is -0.374 e. The third kappa shape index (κ3) is 2.02. The summed E-state index contributed by atoms with van der Waals surface area (Å²) in [4.78, 5) is 11.1. The van der Waals surface area contributed by atoms with Crippen LogP contribution in [0.1, 0.15) is 24.8 Å². The summed E-state index contributed by atoms with van der Waals surface area (Å²) >= 11 is 0. The van der Waals surface area contributed by atoms with Crippen molar-refractivity contribution in [2.75, 3.05) is 0 Å². The van der Waals surface area contributed by atoms with Crippen LogP contribution >= 0.6 is 0 Å². The Hall–Kier alpha value is -1.15. The standard InChI is InChI=1S/C15H18O2/c16-10-13-12(14-8-9-15(13)17-14)7-6-11-4-2-1-3-5-11/h1-5,10,12-15H,6-9H2/t12-,13+,14-,15+/m0/s1. The van der Waals surface area contributed by atoms with Crippen molar-refractivity contribution in [3.63, 3.8) is 0 Å². The van der Waals surface area contributed by atoms with Crippen LogP contribution in [0.3, 0.4) is 0 Å². The van der Waals surface area contributed by atoms with Crippen molar-refractivity contribution >= 4 is 6.29 Å². The smallest absolute Gasteiger partial charge is 0.126 e. The second-order valence-corrected chi connectivity index (χ2v) is 5.19. The fraction of sp³-hybridized carbons (Fsp3) is 0.533. The monoisotopic (exact) mass is 230 g/mol. The molecule has 90 valence electrons. The maximum atomic E-state index is 11.1. The molecule has 17 heavy (non-hydrogen) atoms. The molecule has 0 aliphatic carbocycles. The van der Waals surface area contributed by atoms with E-state index in [-0.39, 0.29) is 12.0 Å². The third-order valence-electron chi connectivity index (χ3n) is 4.25. The number of hydrogen-bond acceptors (Lipinski definition) is 2. The molecule has 0 saturated carbocycles. The van der Waals surface area contributed by atoms with Gasteiger partial charge >= 0.3 is 0 Å². The lowest BCUT2D eigenvalue weighted by molar-refractivity contribution is -0.113. The predicted octanol–water partition coefficient (Wildman–Crippen LogP) is 2.61. The second-order valence-electron chi connectivity index (χ2n) is 5.19. The van der Waals surface area contributed by atoms with Crippen LogP contribution in [-0.2, 0) is 16.0 Å². The molecule has 0 aromatic heterocycles. The lowest BCUT2D eigenvalue weighted by atomic mass is 9.77. The average Bonchev–Trinajstić information content (AvgIpc) is 2.97. The zero-order valence-corrected chi connectivity index (χ0v) is 9.92. The molecule has 1 aromatic carbocycles. The molecule has 3 rings (SSSR count). The van der Waals surface area contributed by atoms with Crippen molar-refractivity contribution in [1.82, 2.24) is 0 Å². The zero-order valence-electron chi connectivity index (χ0n) is 9.92. The molecule has 2 aliphatic heterocycles. The van der Waals surface area contributed by atoms with E-state index in [0.29, 0.717) is 12.0 Å². The van der Waals surface area contributed by atoms with Gasteiger partial charge in [0, 0.05) is 5.92 Å². The molecule has 2 bridgehead atoms. The topological polar surface area (TPSA) is 26.3 Å². The highest BCUT2D eigenvalue weighted by Gasteiger charge is 2.48. The number of carbonyl (C=O) groups is 1. The Bertz CT molecular complexity index is 387. The Kier molecular flexibility index (Phi) is 2.98. The highest BCUT2D eigenvalue weighted by Crippen LogP contribution is 2.44.